The standard InChI is InChI=1S/C11H13NO6/c1-17-10(15)4-5-11(16)18-7-9(14)12-6-2-3-8(12)13/h4-5H,2-3,6-7H2,1H3/b5-4+. The van der Waals surface area contributed by atoms with Gasteiger partial charge in [-0.25, -0.2) is 9.59 Å². The van der Waals surface area contributed by atoms with E-state index in [1.165, 1.54) is 7.11 Å². The zero-order valence-electron chi connectivity index (χ0n) is 9.88. The van der Waals surface area contributed by atoms with Crippen LogP contribution in [-0.4, -0.2) is 48.9 Å². The van der Waals surface area contributed by atoms with Gasteiger partial charge in [0.15, 0.2) is 6.61 Å². The first-order valence-electron chi connectivity index (χ1n) is 5.30. The second kappa shape index (κ2) is 6.53. The third kappa shape index (κ3) is 4.00. The molecule has 1 fully saturated rings. The van der Waals surface area contributed by atoms with Gasteiger partial charge in [-0.2, -0.15) is 0 Å². The lowest BCUT2D eigenvalue weighted by Crippen LogP contribution is -2.35. The minimum absolute atomic E-state index is 0.263. The van der Waals surface area contributed by atoms with E-state index in [-0.39, 0.29) is 5.91 Å². The molecule has 18 heavy (non-hydrogen) atoms. The van der Waals surface area contributed by atoms with E-state index < -0.39 is 24.5 Å². The van der Waals surface area contributed by atoms with Gasteiger partial charge in [-0.05, 0) is 6.42 Å². The van der Waals surface area contributed by atoms with Crippen molar-refractivity contribution in [1.82, 2.24) is 4.90 Å². The van der Waals surface area contributed by atoms with Gasteiger partial charge in [0.1, 0.15) is 0 Å². The highest BCUT2D eigenvalue weighted by Gasteiger charge is 2.26. The molecule has 1 saturated heterocycles. The Balaban J connectivity index is 2.34. The first-order valence-corrected chi connectivity index (χ1v) is 5.30. The Kier molecular flexibility index (Phi) is 5.04. The predicted octanol–water partition coefficient (Wildman–Crippen LogP) is -0.592. The number of hydrogen-bond acceptors (Lipinski definition) is 6. The highest BCUT2D eigenvalue weighted by atomic mass is 16.5. The lowest BCUT2D eigenvalue weighted by molar-refractivity contribution is -0.151. The van der Waals surface area contributed by atoms with Gasteiger partial charge in [0.05, 0.1) is 7.11 Å². The van der Waals surface area contributed by atoms with Crippen molar-refractivity contribution in [2.75, 3.05) is 20.3 Å². The quantitative estimate of drug-likeness (QED) is 0.492. The first-order chi connectivity index (χ1) is 8.54. The van der Waals surface area contributed by atoms with Crippen molar-refractivity contribution >= 4 is 23.8 Å². The molecule has 0 aromatic rings. The summed E-state index contributed by atoms with van der Waals surface area (Å²) in [5, 5.41) is 0. The van der Waals surface area contributed by atoms with Gasteiger partial charge < -0.3 is 9.47 Å². The van der Waals surface area contributed by atoms with Crippen molar-refractivity contribution in [3.05, 3.63) is 12.2 Å². The Morgan fingerprint density at radius 2 is 1.94 bits per heavy atom. The van der Waals surface area contributed by atoms with Crippen LogP contribution in [0.3, 0.4) is 0 Å². The molecule has 2 amide bonds. The number of hydrogen-bond donors (Lipinski definition) is 0. The third-order valence-electron chi connectivity index (χ3n) is 2.27. The minimum Gasteiger partial charge on any atom is -0.466 e. The summed E-state index contributed by atoms with van der Waals surface area (Å²) in [6, 6.07) is 0. The minimum atomic E-state index is -0.847. The van der Waals surface area contributed by atoms with Gasteiger partial charge in [0.25, 0.3) is 5.91 Å². The van der Waals surface area contributed by atoms with E-state index in [4.69, 9.17) is 0 Å². The Bertz CT molecular complexity index is 400. The zero-order valence-corrected chi connectivity index (χ0v) is 9.88. The van der Waals surface area contributed by atoms with Crippen LogP contribution >= 0.6 is 0 Å². The third-order valence-corrected chi connectivity index (χ3v) is 2.27. The van der Waals surface area contributed by atoms with Gasteiger partial charge in [-0.15, -0.1) is 0 Å². The molecule has 0 aromatic heterocycles. The largest absolute Gasteiger partial charge is 0.466 e. The van der Waals surface area contributed by atoms with E-state index in [0.717, 1.165) is 17.1 Å². The number of nitrogens with zero attached hydrogens (tertiary/aromatic N) is 1. The zero-order chi connectivity index (χ0) is 13.5. The van der Waals surface area contributed by atoms with Gasteiger partial charge in [0, 0.05) is 25.1 Å². The van der Waals surface area contributed by atoms with Crippen molar-refractivity contribution in [3.63, 3.8) is 0 Å². The molecule has 0 unspecified atom stereocenters. The van der Waals surface area contributed by atoms with Crippen molar-refractivity contribution < 1.29 is 28.7 Å². The second-order valence-corrected chi connectivity index (χ2v) is 3.51. The Morgan fingerprint density at radius 3 is 2.50 bits per heavy atom. The Labute approximate surface area is 103 Å². The molecule has 1 aliphatic rings. The summed E-state index contributed by atoms with van der Waals surface area (Å²) in [6.45, 7) is -0.163. The predicted molar refractivity (Wildman–Crippen MR) is 58.1 cm³/mol. The van der Waals surface area contributed by atoms with Gasteiger partial charge >= 0.3 is 11.9 Å². The fraction of sp³-hybridized carbons (Fsp3) is 0.455. The summed E-state index contributed by atoms with van der Waals surface area (Å²) in [4.78, 5) is 45.5. The van der Waals surface area contributed by atoms with Crippen LogP contribution in [0.4, 0.5) is 0 Å². The number of carbonyl (C=O) groups excluding carboxylic acids is 4. The number of amides is 2. The first kappa shape index (κ1) is 13.9. The van der Waals surface area contributed by atoms with Gasteiger partial charge in [0.2, 0.25) is 5.91 Å². The fourth-order valence-corrected chi connectivity index (χ4v) is 1.37. The molecule has 0 aliphatic carbocycles. The topological polar surface area (TPSA) is 90.0 Å². The van der Waals surface area contributed by atoms with Gasteiger partial charge in [-0.1, -0.05) is 0 Å². The van der Waals surface area contributed by atoms with Crippen LogP contribution in [0.1, 0.15) is 12.8 Å². The Hall–Kier alpha value is -2.18. The molecule has 1 rings (SSSR count). The SMILES string of the molecule is COC(=O)/C=C/C(=O)OCC(=O)N1CCCC1=O. The normalized spacial score (nSPS) is 14.9. The maximum Gasteiger partial charge on any atom is 0.331 e. The van der Waals surface area contributed by atoms with Crippen LogP contribution in [-0.2, 0) is 28.7 Å². The number of esters is 2. The van der Waals surface area contributed by atoms with E-state index in [1.807, 2.05) is 0 Å². The van der Waals surface area contributed by atoms with Crippen molar-refractivity contribution in [3.8, 4) is 0 Å². The van der Waals surface area contributed by atoms with E-state index in [1.54, 1.807) is 0 Å². The average Bonchev–Trinajstić information content (AvgIpc) is 2.79. The molecule has 7 heteroatoms. The summed E-state index contributed by atoms with van der Waals surface area (Å²) in [6.07, 6.45) is 2.70. The molecule has 0 aromatic carbocycles. The number of ether oxygens (including phenoxy) is 2. The molecular weight excluding hydrogens is 242 g/mol. The van der Waals surface area contributed by atoms with Crippen LogP contribution in [0, 0.1) is 0 Å². The molecule has 1 aliphatic heterocycles. The maximum atomic E-state index is 11.5. The molecule has 0 bridgehead atoms. The van der Waals surface area contributed by atoms with Gasteiger partial charge in [-0.3, -0.25) is 14.5 Å². The van der Waals surface area contributed by atoms with Crippen LogP contribution < -0.4 is 0 Å². The van der Waals surface area contributed by atoms with Crippen LogP contribution in [0.2, 0.25) is 0 Å². The molecule has 0 radical (unpaired) electrons. The van der Waals surface area contributed by atoms with Crippen molar-refractivity contribution in [1.29, 1.82) is 0 Å². The molecule has 7 nitrogen and oxygen atoms in total. The number of carbonyl (C=O) groups is 4. The smallest absolute Gasteiger partial charge is 0.331 e. The van der Waals surface area contributed by atoms with E-state index in [9.17, 15) is 19.2 Å². The lowest BCUT2D eigenvalue weighted by Gasteiger charge is -2.12. The summed E-state index contributed by atoms with van der Waals surface area (Å²) >= 11 is 0. The van der Waals surface area contributed by atoms with E-state index >= 15 is 0 Å². The van der Waals surface area contributed by atoms with E-state index in [0.29, 0.717) is 19.4 Å². The Morgan fingerprint density at radius 1 is 1.28 bits per heavy atom. The summed E-state index contributed by atoms with van der Waals surface area (Å²) < 4.78 is 8.85. The molecule has 0 N–H and O–H groups in total. The number of rotatable bonds is 4. The summed E-state index contributed by atoms with van der Waals surface area (Å²) in [5.41, 5.74) is 0. The number of imide groups is 1. The molecule has 0 atom stereocenters. The van der Waals surface area contributed by atoms with E-state index in [2.05, 4.69) is 9.47 Å². The summed E-state index contributed by atoms with van der Waals surface area (Å²) in [7, 11) is 1.17. The number of likely N-dealkylation sites (tertiary alicyclic amines) is 1. The van der Waals surface area contributed by atoms with Crippen LogP contribution in [0.25, 0.3) is 0 Å². The summed E-state index contributed by atoms with van der Waals surface area (Å²) in [5.74, 6) is -2.37. The lowest BCUT2D eigenvalue weighted by atomic mass is 10.4. The average molecular weight is 255 g/mol. The molecular formula is C11H13NO6. The highest BCUT2D eigenvalue weighted by Crippen LogP contribution is 2.09. The van der Waals surface area contributed by atoms with Crippen LogP contribution in [0.5, 0.6) is 0 Å². The second-order valence-electron chi connectivity index (χ2n) is 3.51. The molecule has 0 spiro atoms. The number of methoxy groups -OCH3 is 1. The highest BCUT2D eigenvalue weighted by molar-refractivity contribution is 5.98. The molecule has 98 valence electrons. The van der Waals surface area contributed by atoms with Crippen molar-refractivity contribution in [2.24, 2.45) is 0 Å². The fourth-order valence-electron chi connectivity index (χ4n) is 1.37. The molecule has 0 saturated carbocycles. The van der Waals surface area contributed by atoms with Crippen LogP contribution in [0.15, 0.2) is 12.2 Å². The molecule has 1 heterocycles. The maximum absolute atomic E-state index is 11.5. The van der Waals surface area contributed by atoms with Crippen molar-refractivity contribution in [2.45, 2.75) is 12.8 Å². The monoisotopic (exact) mass is 255 g/mol.